The summed E-state index contributed by atoms with van der Waals surface area (Å²) in [7, 11) is 0. The Bertz CT molecular complexity index is 434. The van der Waals surface area contributed by atoms with Crippen molar-refractivity contribution >= 4 is 0 Å². The molecule has 2 rings (SSSR count). The number of ether oxygens (including phenoxy) is 2. The first-order valence-corrected chi connectivity index (χ1v) is 8.25. The zero-order chi connectivity index (χ0) is 17.9. The quantitative estimate of drug-likeness (QED) is 0.363. The molecule has 6 N–H and O–H groups in total. The molecule has 0 saturated carbocycles. The van der Waals surface area contributed by atoms with Gasteiger partial charge in [-0.3, -0.25) is 11.3 Å². The van der Waals surface area contributed by atoms with Gasteiger partial charge in [0.2, 0.25) is 0 Å². The molecule has 0 spiro atoms. The van der Waals surface area contributed by atoms with Gasteiger partial charge in [0.25, 0.3) is 0 Å². The number of hydrogen-bond donors (Lipinski definition) is 5. The zero-order valence-corrected chi connectivity index (χ0v) is 14.3. The molecule has 1 fully saturated rings. The van der Waals surface area contributed by atoms with E-state index in [1.807, 2.05) is 25.1 Å². The highest BCUT2D eigenvalue weighted by Gasteiger charge is 2.36. The van der Waals surface area contributed by atoms with Crippen LogP contribution in [0.3, 0.4) is 0 Å². The maximum atomic E-state index is 9.36. The lowest BCUT2D eigenvalue weighted by molar-refractivity contribution is -0.255. The summed E-state index contributed by atoms with van der Waals surface area (Å²) >= 11 is 0. The molecular formula is C17H30N2O5. The van der Waals surface area contributed by atoms with Crippen LogP contribution < -0.4 is 11.3 Å². The molecule has 5 atom stereocenters. The fraction of sp³-hybridized carbons (Fsp3) is 0.647. The maximum absolute atomic E-state index is 9.36. The highest BCUT2D eigenvalue weighted by atomic mass is 16.7. The lowest BCUT2D eigenvalue weighted by atomic mass is 10.0. The number of hydrogen-bond acceptors (Lipinski definition) is 7. The van der Waals surface area contributed by atoms with Gasteiger partial charge in [-0.25, -0.2) is 0 Å². The van der Waals surface area contributed by atoms with Crippen LogP contribution in [0.15, 0.2) is 30.3 Å². The third kappa shape index (κ3) is 7.23. The van der Waals surface area contributed by atoms with Crippen molar-refractivity contribution in [2.24, 2.45) is 5.84 Å². The standard InChI is InChI=1S/C9H14N2.C8H16O5/c1-8(11-10)7-9-5-3-2-4-6-9;1-2-12-7-3-5(10)8(11)6(4-9)13-7/h2-6,8,11H,7,10H2,1H3;5-11H,2-4H2,1H3/t;5?,6?,7-,8-/m.0/s1. The van der Waals surface area contributed by atoms with Crippen LogP contribution in [0, 0.1) is 0 Å². The summed E-state index contributed by atoms with van der Waals surface area (Å²) in [6, 6.07) is 10.7. The van der Waals surface area contributed by atoms with Gasteiger partial charge in [-0.2, -0.15) is 0 Å². The average molecular weight is 342 g/mol. The van der Waals surface area contributed by atoms with Crippen molar-refractivity contribution in [1.29, 1.82) is 0 Å². The van der Waals surface area contributed by atoms with Gasteiger partial charge in [0.15, 0.2) is 6.29 Å². The lowest BCUT2D eigenvalue weighted by Crippen LogP contribution is -2.50. The highest BCUT2D eigenvalue weighted by molar-refractivity contribution is 5.15. The number of nitrogens with one attached hydrogen (secondary N) is 1. The van der Waals surface area contributed by atoms with E-state index in [-0.39, 0.29) is 13.0 Å². The summed E-state index contributed by atoms with van der Waals surface area (Å²) in [6.07, 6.45) is -1.96. The van der Waals surface area contributed by atoms with E-state index in [9.17, 15) is 10.2 Å². The largest absolute Gasteiger partial charge is 0.394 e. The van der Waals surface area contributed by atoms with Crippen LogP contribution in [-0.4, -0.2) is 59.2 Å². The van der Waals surface area contributed by atoms with Gasteiger partial charge in [-0.05, 0) is 25.8 Å². The molecule has 1 heterocycles. The second kappa shape index (κ2) is 11.5. The molecular weight excluding hydrogens is 312 g/mol. The van der Waals surface area contributed by atoms with E-state index in [1.165, 1.54) is 5.56 Å². The number of hydrazine groups is 1. The van der Waals surface area contributed by atoms with Gasteiger partial charge in [0.05, 0.1) is 12.7 Å². The molecule has 0 amide bonds. The molecule has 1 aromatic rings. The van der Waals surface area contributed by atoms with Crippen LogP contribution >= 0.6 is 0 Å². The van der Waals surface area contributed by atoms with Crippen LogP contribution in [0.1, 0.15) is 25.8 Å². The number of benzene rings is 1. The Morgan fingerprint density at radius 2 is 2.00 bits per heavy atom. The first kappa shape index (κ1) is 21.0. The van der Waals surface area contributed by atoms with E-state index in [1.54, 1.807) is 0 Å². The van der Waals surface area contributed by atoms with E-state index >= 15 is 0 Å². The summed E-state index contributed by atoms with van der Waals surface area (Å²) in [4.78, 5) is 0. The molecule has 3 unspecified atom stereocenters. The second-order valence-electron chi connectivity index (χ2n) is 5.79. The lowest BCUT2D eigenvalue weighted by Gasteiger charge is -2.35. The summed E-state index contributed by atoms with van der Waals surface area (Å²) < 4.78 is 10.3. The molecule has 1 aromatic carbocycles. The van der Waals surface area contributed by atoms with Crippen molar-refractivity contribution in [2.75, 3.05) is 13.2 Å². The first-order chi connectivity index (χ1) is 11.5. The van der Waals surface area contributed by atoms with Gasteiger partial charge in [-0.1, -0.05) is 30.3 Å². The van der Waals surface area contributed by atoms with Crippen LogP contribution in [0.5, 0.6) is 0 Å². The summed E-state index contributed by atoms with van der Waals surface area (Å²) in [6.45, 7) is 4.04. The number of aliphatic hydroxyl groups is 3. The maximum Gasteiger partial charge on any atom is 0.160 e. The molecule has 138 valence electrons. The molecule has 7 heteroatoms. The van der Waals surface area contributed by atoms with E-state index < -0.39 is 24.6 Å². The Morgan fingerprint density at radius 1 is 1.33 bits per heavy atom. The van der Waals surface area contributed by atoms with E-state index in [0.717, 1.165) is 6.42 Å². The Morgan fingerprint density at radius 3 is 2.54 bits per heavy atom. The fourth-order valence-electron chi connectivity index (χ4n) is 2.39. The van der Waals surface area contributed by atoms with Crippen molar-refractivity contribution in [2.45, 2.75) is 57.3 Å². The van der Waals surface area contributed by atoms with Gasteiger partial charge < -0.3 is 24.8 Å². The Hall–Kier alpha value is -1.06. The first-order valence-electron chi connectivity index (χ1n) is 8.25. The molecule has 7 nitrogen and oxygen atoms in total. The highest BCUT2D eigenvalue weighted by Crippen LogP contribution is 2.20. The molecule has 0 aromatic heterocycles. The monoisotopic (exact) mass is 342 g/mol. The van der Waals surface area contributed by atoms with E-state index in [0.29, 0.717) is 12.6 Å². The second-order valence-corrected chi connectivity index (χ2v) is 5.79. The third-order valence-electron chi connectivity index (χ3n) is 3.74. The minimum absolute atomic E-state index is 0.242. The minimum Gasteiger partial charge on any atom is -0.394 e. The molecule has 1 aliphatic rings. The molecule has 1 aliphatic heterocycles. The number of rotatable bonds is 6. The third-order valence-corrected chi connectivity index (χ3v) is 3.74. The normalized spacial score (nSPS) is 27.9. The number of nitrogens with two attached hydrogens (primary N) is 1. The SMILES string of the molecule is CC(Cc1ccccc1)NN.CCO[C@@H]1CC(O)[C@H](O)C(CO)O1. The van der Waals surface area contributed by atoms with Crippen molar-refractivity contribution in [3.05, 3.63) is 35.9 Å². The van der Waals surface area contributed by atoms with Crippen LogP contribution in [-0.2, 0) is 15.9 Å². The zero-order valence-electron chi connectivity index (χ0n) is 14.3. The molecule has 0 radical (unpaired) electrons. The fourth-order valence-corrected chi connectivity index (χ4v) is 2.39. The summed E-state index contributed by atoms with van der Waals surface area (Å²) in [5, 5.41) is 27.5. The van der Waals surface area contributed by atoms with Gasteiger partial charge >= 0.3 is 0 Å². The van der Waals surface area contributed by atoms with Crippen LogP contribution in [0.4, 0.5) is 0 Å². The van der Waals surface area contributed by atoms with Gasteiger partial charge in [0, 0.05) is 19.1 Å². The van der Waals surface area contributed by atoms with Crippen molar-refractivity contribution in [1.82, 2.24) is 5.43 Å². The molecule has 1 saturated heterocycles. The van der Waals surface area contributed by atoms with Crippen LogP contribution in [0.2, 0.25) is 0 Å². The van der Waals surface area contributed by atoms with Crippen molar-refractivity contribution < 1.29 is 24.8 Å². The summed E-state index contributed by atoms with van der Waals surface area (Å²) in [5.74, 6) is 5.27. The Kier molecular flexibility index (Phi) is 10.0. The topological polar surface area (TPSA) is 117 Å². The predicted octanol–water partition coefficient (Wildman–Crippen LogP) is -0.0671. The van der Waals surface area contributed by atoms with E-state index in [4.69, 9.17) is 20.4 Å². The molecule has 0 bridgehead atoms. The smallest absolute Gasteiger partial charge is 0.160 e. The van der Waals surface area contributed by atoms with Crippen molar-refractivity contribution in [3.63, 3.8) is 0 Å². The molecule has 0 aliphatic carbocycles. The Balaban J connectivity index is 0.000000243. The van der Waals surface area contributed by atoms with Gasteiger partial charge in [-0.15, -0.1) is 0 Å². The summed E-state index contributed by atoms with van der Waals surface area (Å²) in [5.41, 5.74) is 4.03. The molecule has 24 heavy (non-hydrogen) atoms. The average Bonchev–Trinajstić information content (AvgIpc) is 2.59. The predicted molar refractivity (Wildman–Crippen MR) is 90.9 cm³/mol. The van der Waals surface area contributed by atoms with Crippen molar-refractivity contribution in [3.8, 4) is 0 Å². The Labute approximate surface area is 143 Å². The number of aliphatic hydroxyl groups excluding tert-OH is 3. The van der Waals surface area contributed by atoms with Crippen LogP contribution in [0.25, 0.3) is 0 Å². The van der Waals surface area contributed by atoms with E-state index in [2.05, 4.69) is 24.5 Å². The minimum atomic E-state index is -1.03. The van der Waals surface area contributed by atoms with Gasteiger partial charge in [0.1, 0.15) is 12.2 Å².